The minimum atomic E-state index is -0.407. The highest BCUT2D eigenvalue weighted by Gasteiger charge is 2.31. The summed E-state index contributed by atoms with van der Waals surface area (Å²) >= 11 is 0. The van der Waals surface area contributed by atoms with E-state index in [1.165, 1.54) is 32.2 Å². The lowest BCUT2D eigenvalue weighted by atomic mass is 9.99. The number of hydrogen-bond donors (Lipinski definition) is 2. The average Bonchev–Trinajstić information content (AvgIpc) is 2.82. The molecule has 7 heteroatoms. The van der Waals surface area contributed by atoms with Gasteiger partial charge in [-0.3, -0.25) is 9.59 Å². The minimum Gasteiger partial charge on any atom is -0.432 e. The Morgan fingerprint density at radius 1 is 1.31 bits per heavy atom. The van der Waals surface area contributed by atoms with E-state index in [4.69, 9.17) is 4.74 Å². The molecular formula is C25H32N4O3. The molecule has 0 aromatic heterocycles. The molecule has 0 bridgehead atoms. The predicted molar refractivity (Wildman–Crippen MR) is 124 cm³/mol. The van der Waals surface area contributed by atoms with Gasteiger partial charge in [-0.05, 0) is 43.9 Å². The standard InChI is InChI=1S/C25H32N4O3/c1-2-20-11-6-7-13-29(20)14-8-12-26-23(30)19-16-21-25(27-17-19)32-22(24(31)28-21)15-18-9-4-3-5-10-18/h3-5,9-10,15,17,19-20H,2,6-8,11-14,16H2,1H3,(H,26,30)(H,28,31)/b22-15-. The van der Waals surface area contributed by atoms with Crippen LogP contribution in [-0.2, 0) is 14.3 Å². The minimum absolute atomic E-state index is 0.0640. The summed E-state index contributed by atoms with van der Waals surface area (Å²) in [5, 5.41) is 5.87. The van der Waals surface area contributed by atoms with Gasteiger partial charge >= 0.3 is 0 Å². The predicted octanol–water partition coefficient (Wildman–Crippen LogP) is 3.20. The second-order valence-corrected chi connectivity index (χ2v) is 8.59. The zero-order chi connectivity index (χ0) is 22.3. The van der Waals surface area contributed by atoms with Gasteiger partial charge in [0.1, 0.15) is 0 Å². The molecular weight excluding hydrogens is 404 g/mol. The maximum absolute atomic E-state index is 12.6. The fourth-order valence-electron chi connectivity index (χ4n) is 4.53. The topological polar surface area (TPSA) is 83.0 Å². The van der Waals surface area contributed by atoms with Crippen molar-refractivity contribution in [2.75, 3.05) is 19.6 Å². The Kier molecular flexibility index (Phi) is 7.37. The Morgan fingerprint density at radius 3 is 2.97 bits per heavy atom. The summed E-state index contributed by atoms with van der Waals surface area (Å²) in [6, 6.07) is 10.2. The highest BCUT2D eigenvalue weighted by molar-refractivity contribution is 5.99. The number of nitrogens with zero attached hydrogens (tertiary/aromatic N) is 2. The Labute approximate surface area is 189 Å². The number of hydrogen-bond acceptors (Lipinski definition) is 5. The summed E-state index contributed by atoms with van der Waals surface area (Å²) in [5.41, 5.74) is 1.43. The van der Waals surface area contributed by atoms with Crippen molar-refractivity contribution in [3.63, 3.8) is 0 Å². The van der Waals surface area contributed by atoms with Crippen LogP contribution in [0.3, 0.4) is 0 Å². The number of carbonyl (C=O) groups is 2. The first-order valence-corrected chi connectivity index (χ1v) is 11.7. The van der Waals surface area contributed by atoms with E-state index in [0.29, 0.717) is 30.6 Å². The molecule has 2 atom stereocenters. The summed E-state index contributed by atoms with van der Waals surface area (Å²) in [5.74, 6) is -0.248. The Hall–Kier alpha value is -2.93. The zero-order valence-corrected chi connectivity index (χ0v) is 18.7. The number of allylic oxidation sites excluding steroid dienone is 1. The van der Waals surface area contributed by atoms with Crippen LogP contribution in [0.5, 0.6) is 0 Å². The Bertz CT molecular complexity index is 922. The van der Waals surface area contributed by atoms with Gasteiger partial charge in [-0.1, -0.05) is 43.7 Å². The van der Waals surface area contributed by atoms with Gasteiger partial charge in [0.05, 0.1) is 11.6 Å². The fraction of sp³-hybridized carbons (Fsp3) is 0.480. The van der Waals surface area contributed by atoms with E-state index in [9.17, 15) is 9.59 Å². The molecule has 0 radical (unpaired) electrons. The normalized spacial score (nSPS) is 24.7. The number of likely N-dealkylation sites (tertiary alicyclic amines) is 1. The quantitative estimate of drug-likeness (QED) is 0.508. The zero-order valence-electron chi connectivity index (χ0n) is 18.7. The molecule has 3 heterocycles. The molecule has 0 saturated carbocycles. The number of aliphatic imine (C=N–C) groups is 1. The molecule has 7 nitrogen and oxygen atoms in total. The van der Waals surface area contributed by atoms with Gasteiger partial charge in [0.25, 0.3) is 5.91 Å². The van der Waals surface area contributed by atoms with Crippen molar-refractivity contribution in [1.29, 1.82) is 0 Å². The van der Waals surface area contributed by atoms with Crippen LogP contribution in [0.25, 0.3) is 6.08 Å². The van der Waals surface area contributed by atoms with Gasteiger partial charge in [0.2, 0.25) is 11.8 Å². The number of ether oxygens (including phenoxy) is 1. The molecule has 2 unspecified atom stereocenters. The lowest BCUT2D eigenvalue weighted by Gasteiger charge is -2.35. The fourth-order valence-corrected chi connectivity index (χ4v) is 4.53. The molecule has 0 aliphatic carbocycles. The maximum atomic E-state index is 12.6. The SMILES string of the molecule is CCC1CCCCN1CCCNC(=O)C1C=NC2=C(C1)NC(=O)/C(=C/c1ccccc1)O2. The smallest absolute Gasteiger partial charge is 0.291 e. The molecule has 4 rings (SSSR count). The first-order chi connectivity index (χ1) is 15.6. The van der Waals surface area contributed by atoms with Crippen LogP contribution in [0.2, 0.25) is 0 Å². The molecule has 0 spiro atoms. The van der Waals surface area contributed by atoms with E-state index in [0.717, 1.165) is 18.5 Å². The van der Waals surface area contributed by atoms with E-state index in [1.54, 1.807) is 12.3 Å². The van der Waals surface area contributed by atoms with E-state index in [2.05, 4.69) is 27.4 Å². The third-order valence-electron chi connectivity index (χ3n) is 6.32. The lowest BCUT2D eigenvalue weighted by molar-refractivity contribution is -0.124. The molecule has 3 aliphatic rings. The second kappa shape index (κ2) is 10.6. The van der Waals surface area contributed by atoms with E-state index >= 15 is 0 Å². The Morgan fingerprint density at radius 2 is 2.16 bits per heavy atom. The molecule has 32 heavy (non-hydrogen) atoms. The van der Waals surface area contributed by atoms with Crippen molar-refractivity contribution >= 4 is 24.1 Å². The highest BCUT2D eigenvalue weighted by atomic mass is 16.5. The van der Waals surface area contributed by atoms with Crippen LogP contribution in [0.1, 0.15) is 51.0 Å². The van der Waals surface area contributed by atoms with Crippen molar-refractivity contribution < 1.29 is 14.3 Å². The van der Waals surface area contributed by atoms with Crippen LogP contribution < -0.4 is 10.6 Å². The molecule has 1 aromatic carbocycles. The summed E-state index contributed by atoms with van der Waals surface area (Å²) in [6.07, 6.45) is 9.69. The van der Waals surface area contributed by atoms with Crippen LogP contribution in [0, 0.1) is 5.92 Å². The van der Waals surface area contributed by atoms with Crippen molar-refractivity contribution in [3.05, 3.63) is 53.2 Å². The molecule has 1 fully saturated rings. The number of carbonyl (C=O) groups excluding carboxylic acids is 2. The summed E-state index contributed by atoms with van der Waals surface area (Å²) in [6.45, 7) is 5.09. The summed E-state index contributed by atoms with van der Waals surface area (Å²) in [4.78, 5) is 31.9. The largest absolute Gasteiger partial charge is 0.432 e. The van der Waals surface area contributed by atoms with E-state index < -0.39 is 5.92 Å². The first-order valence-electron chi connectivity index (χ1n) is 11.7. The number of benzene rings is 1. The van der Waals surface area contributed by atoms with Crippen LogP contribution in [-0.4, -0.2) is 48.6 Å². The monoisotopic (exact) mass is 436 g/mol. The van der Waals surface area contributed by atoms with Crippen LogP contribution >= 0.6 is 0 Å². The average molecular weight is 437 g/mol. The van der Waals surface area contributed by atoms with Gasteiger partial charge in [-0.15, -0.1) is 0 Å². The van der Waals surface area contributed by atoms with E-state index in [1.807, 2.05) is 30.3 Å². The summed E-state index contributed by atoms with van der Waals surface area (Å²) in [7, 11) is 0. The number of nitrogens with one attached hydrogen (secondary N) is 2. The molecule has 2 N–H and O–H groups in total. The van der Waals surface area contributed by atoms with Gasteiger partial charge in [0, 0.05) is 31.8 Å². The van der Waals surface area contributed by atoms with Crippen molar-refractivity contribution in [1.82, 2.24) is 15.5 Å². The number of piperidine rings is 1. The van der Waals surface area contributed by atoms with Gasteiger partial charge in [-0.25, -0.2) is 4.99 Å². The van der Waals surface area contributed by atoms with Crippen LogP contribution in [0.4, 0.5) is 0 Å². The summed E-state index contributed by atoms with van der Waals surface area (Å²) < 4.78 is 5.71. The second-order valence-electron chi connectivity index (χ2n) is 8.59. The number of rotatable bonds is 7. The first kappa shape index (κ1) is 22.3. The highest BCUT2D eigenvalue weighted by Crippen LogP contribution is 2.27. The van der Waals surface area contributed by atoms with Gasteiger partial charge in [0.15, 0.2) is 5.76 Å². The number of amides is 2. The molecule has 1 saturated heterocycles. The molecule has 3 aliphatic heterocycles. The van der Waals surface area contributed by atoms with E-state index in [-0.39, 0.29) is 17.6 Å². The molecule has 1 aromatic rings. The maximum Gasteiger partial charge on any atom is 0.291 e. The lowest BCUT2D eigenvalue weighted by Crippen LogP contribution is -2.41. The molecule has 2 amide bonds. The van der Waals surface area contributed by atoms with Crippen LogP contribution in [0.15, 0.2) is 52.7 Å². The van der Waals surface area contributed by atoms with Crippen molar-refractivity contribution in [3.8, 4) is 0 Å². The van der Waals surface area contributed by atoms with Crippen molar-refractivity contribution in [2.24, 2.45) is 10.9 Å². The third-order valence-corrected chi connectivity index (χ3v) is 6.32. The molecule has 170 valence electrons. The van der Waals surface area contributed by atoms with Gasteiger partial charge < -0.3 is 20.3 Å². The van der Waals surface area contributed by atoms with Gasteiger partial charge in [-0.2, -0.15) is 0 Å². The Balaban J connectivity index is 1.26. The third kappa shape index (κ3) is 5.46. The van der Waals surface area contributed by atoms with Crippen molar-refractivity contribution in [2.45, 2.75) is 51.5 Å².